The van der Waals surface area contributed by atoms with Gasteiger partial charge in [-0.25, -0.2) is 4.79 Å². The molecule has 0 fully saturated rings. The van der Waals surface area contributed by atoms with Crippen molar-refractivity contribution in [1.29, 1.82) is 0 Å². The zero-order valence-electron chi connectivity index (χ0n) is 9.79. The molecule has 0 aliphatic rings. The van der Waals surface area contributed by atoms with Crippen molar-refractivity contribution in [2.75, 3.05) is 0 Å². The Morgan fingerprint density at radius 3 is 2.89 bits per heavy atom. The second-order valence-corrected chi connectivity index (χ2v) is 4.56. The maximum absolute atomic E-state index is 10.6. The minimum Gasteiger partial charge on any atom is -0.478 e. The summed E-state index contributed by atoms with van der Waals surface area (Å²) >= 11 is 3.34. The first kappa shape index (κ1) is 13.3. The van der Waals surface area contributed by atoms with Gasteiger partial charge in [0.1, 0.15) is 11.5 Å². The van der Waals surface area contributed by atoms with E-state index in [9.17, 15) is 4.79 Å². The van der Waals surface area contributed by atoms with Crippen LogP contribution in [0, 0.1) is 0 Å². The Morgan fingerprint density at radius 1 is 1.37 bits per heavy atom. The third-order valence-electron chi connectivity index (χ3n) is 2.24. The molecule has 19 heavy (non-hydrogen) atoms. The highest BCUT2D eigenvalue weighted by Gasteiger charge is 2.04. The number of carboxylic acid groups (broad SMARTS) is 1. The number of rotatable bonds is 4. The Hall–Kier alpha value is -2.14. The van der Waals surface area contributed by atoms with Gasteiger partial charge in [0.05, 0.1) is 6.20 Å². The Kier molecular flexibility index (Phi) is 4.30. The monoisotopic (exact) mass is 319 g/mol. The number of benzene rings is 1. The van der Waals surface area contributed by atoms with Crippen molar-refractivity contribution in [1.82, 2.24) is 4.98 Å². The number of ether oxygens (including phenoxy) is 1. The van der Waals surface area contributed by atoms with Gasteiger partial charge in [0.25, 0.3) is 0 Å². The van der Waals surface area contributed by atoms with Crippen LogP contribution in [0.5, 0.6) is 11.5 Å². The quantitative estimate of drug-likeness (QED) is 0.872. The Labute approximate surface area is 118 Å². The maximum Gasteiger partial charge on any atom is 0.328 e. The molecule has 4 nitrogen and oxygen atoms in total. The zero-order valence-corrected chi connectivity index (χ0v) is 11.4. The summed E-state index contributed by atoms with van der Waals surface area (Å²) in [6.07, 6.45) is 5.79. The van der Waals surface area contributed by atoms with Crippen LogP contribution in [0.3, 0.4) is 0 Å². The van der Waals surface area contributed by atoms with E-state index < -0.39 is 5.97 Å². The van der Waals surface area contributed by atoms with E-state index >= 15 is 0 Å². The summed E-state index contributed by atoms with van der Waals surface area (Å²) in [7, 11) is 0. The second kappa shape index (κ2) is 6.15. The van der Waals surface area contributed by atoms with E-state index in [-0.39, 0.29) is 0 Å². The van der Waals surface area contributed by atoms with Crippen molar-refractivity contribution < 1.29 is 14.6 Å². The van der Waals surface area contributed by atoms with Gasteiger partial charge in [-0.05, 0) is 36.4 Å². The molecule has 1 aromatic heterocycles. The molecule has 2 rings (SSSR count). The van der Waals surface area contributed by atoms with Gasteiger partial charge in [-0.15, -0.1) is 0 Å². The van der Waals surface area contributed by atoms with Crippen LogP contribution in [0.15, 0.2) is 53.3 Å². The number of carbonyl (C=O) groups is 1. The molecule has 2 aromatic rings. The van der Waals surface area contributed by atoms with Gasteiger partial charge >= 0.3 is 5.97 Å². The normalized spacial score (nSPS) is 10.6. The van der Waals surface area contributed by atoms with Crippen LogP contribution in [0.4, 0.5) is 0 Å². The summed E-state index contributed by atoms with van der Waals surface area (Å²) in [6.45, 7) is 0. The highest BCUT2D eigenvalue weighted by molar-refractivity contribution is 9.10. The predicted octanol–water partition coefficient (Wildman–Crippen LogP) is 3.73. The number of aliphatic carboxylic acids is 1. The van der Waals surface area contributed by atoms with E-state index in [1.807, 2.05) is 6.07 Å². The van der Waals surface area contributed by atoms with E-state index in [1.54, 1.807) is 36.7 Å². The fourth-order valence-electron chi connectivity index (χ4n) is 1.44. The highest BCUT2D eigenvalue weighted by atomic mass is 79.9. The van der Waals surface area contributed by atoms with Gasteiger partial charge in [-0.1, -0.05) is 15.9 Å². The number of carboxylic acids is 1. The lowest BCUT2D eigenvalue weighted by atomic mass is 10.2. The molecule has 96 valence electrons. The van der Waals surface area contributed by atoms with Gasteiger partial charge in [0.15, 0.2) is 0 Å². The minimum atomic E-state index is -1.01. The smallest absolute Gasteiger partial charge is 0.328 e. The van der Waals surface area contributed by atoms with Crippen molar-refractivity contribution in [2.24, 2.45) is 0 Å². The molecule has 1 aromatic carbocycles. The SMILES string of the molecule is O=C(O)/C=C/c1cc(Br)ccc1Oc1cccnc1. The number of hydrogen-bond acceptors (Lipinski definition) is 3. The topological polar surface area (TPSA) is 59.4 Å². The second-order valence-electron chi connectivity index (χ2n) is 3.64. The lowest BCUT2D eigenvalue weighted by Gasteiger charge is -2.08. The molecule has 0 saturated carbocycles. The number of nitrogens with zero attached hydrogens (tertiary/aromatic N) is 1. The maximum atomic E-state index is 10.6. The number of pyridine rings is 1. The van der Waals surface area contributed by atoms with Crippen LogP contribution in [0.25, 0.3) is 6.08 Å². The summed E-state index contributed by atoms with van der Waals surface area (Å²) < 4.78 is 6.51. The first-order valence-electron chi connectivity index (χ1n) is 5.43. The average molecular weight is 320 g/mol. The fraction of sp³-hybridized carbons (Fsp3) is 0. The number of halogens is 1. The molecular weight excluding hydrogens is 310 g/mol. The summed E-state index contributed by atoms with van der Waals surface area (Å²) in [5.74, 6) is 0.149. The molecule has 0 radical (unpaired) electrons. The van der Waals surface area contributed by atoms with Gasteiger partial charge in [0, 0.05) is 22.3 Å². The van der Waals surface area contributed by atoms with E-state index in [1.165, 1.54) is 6.08 Å². The van der Waals surface area contributed by atoms with Gasteiger partial charge < -0.3 is 9.84 Å². The Morgan fingerprint density at radius 2 is 2.21 bits per heavy atom. The first-order valence-corrected chi connectivity index (χ1v) is 6.23. The molecule has 1 N–H and O–H groups in total. The van der Waals surface area contributed by atoms with Crippen molar-refractivity contribution >= 4 is 28.0 Å². The number of aromatic nitrogens is 1. The van der Waals surface area contributed by atoms with Crippen LogP contribution in [0.1, 0.15) is 5.56 Å². The van der Waals surface area contributed by atoms with Crippen molar-refractivity contribution in [3.63, 3.8) is 0 Å². The third kappa shape index (κ3) is 3.93. The van der Waals surface area contributed by atoms with E-state index in [2.05, 4.69) is 20.9 Å². The van der Waals surface area contributed by atoms with Gasteiger partial charge in [0.2, 0.25) is 0 Å². The van der Waals surface area contributed by atoms with Gasteiger partial charge in [-0.2, -0.15) is 0 Å². The summed E-state index contributed by atoms with van der Waals surface area (Å²) in [6, 6.07) is 8.91. The van der Waals surface area contributed by atoms with E-state index in [0.717, 1.165) is 10.5 Å². The molecule has 5 heteroatoms. The summed E-state index contributed by atoms with van der Waals surface area (Å²) in [5, 5.41) is 8.68. The molecular formula is C14H10BrNO3. The van der Waals surface area contributed by atoms with Crippen molar-refractivity contribution in [3.05, 3.63) is 58.8 Å². The average Bonchev–Trinajstić information content (AvgIpc) is 2.40. The van der Waals surface area contributed by atoms with Gasteiger partial charge in [-0.3, -0.25) is 4.98 Å². The first-order chi connectivity index (χ1) is 9.15. The summed E-state index contributed by atoms with van der Waals surface area (Å²) in [4.78, 5) is 14.5. The lowest BCUT2D eigenvalue weighted by molar-refractivity contribution is -0.131. The van der Waals surface area contributed by atoms with Crippen LogP contribution in [0.2, 0.25) is 0 Å². The van der Waals surface area contributed by atoms with Crippen molar-refractivity contribution in [2.45, 2.75) is 0 Å². The Bertz CT molecular complexity index is 611. The molecule has 0 spiro atoms. The largest absolute Gasteiger partial charge is 0.478 e. The standard InChI is InChI=1S/C14H10BrNO3/c15-11-4-5-13(10(8-11)3-6-14(17)18)19-12-2-1-7-16-9-12/h1-9H,(H,17,18)/b6-3+. The Balaban J connectivity index is 2.32. The van der Waals surface area contributed by atoms with Crippen LogP contribution >= 0.6 is 15.9 Å². The van der Waals surface area contributed by atoms with Crippen LogP contribution in [-0.4, -0.2) is 16.1 Å². The molecule has 0 bridgehead atoms. The molecule has 0 atom stereocenters. The highest BCUT2D eigenvalue weighted by Crippen LogP contribution is 2.28. The molecule has 0 aliphatic heterocycles. The minimum absolute atomic E-state index is 0.564. The fourth-order valence-corrected chi connectivity index (χ4v) is 1.82. The molecule has 0 amide bonds. The van der Waals surface area contributed by atoms with Crippen LogP contribution < -0.4 is 4.74 Å². The lowest BCUT2D eigenvalue weighted by Crippen LogP contribution is -1.90. The van der Waals surface area contributed by atoms with Crippen LogP contribution in [-0.2, 0) is 4.79 Å². The summed E-state index contributed by atoms with van der Waals surface area (Å²) in [5.41, 5.74) is 0.667. The van der Waals surface area contributed by atoms with Crippen molar-refractivity contribution in [3.8, 4) is 11.5 Å². The molecule has 0 aliphatic carbocycles. The van der Waals surface area contributed by atoms with E-state index in [4.69, 9.17) is 9.84 Å². The molecule has 1 heterocycles. The molecule has 0 unspecified atom stereocenters. The molecule has 0 saturated heterocycles. The number of hydrogen-bond donors (Lipinski definition) is 1. The zero-order chi connectivity index (χ0) is 13.7. The third-order valence-corrected chi connectivity index (χ3v) is 2.73. The predicted molar refractivity (Wildman–Crippen MR) is 75.1 cm³/mol. The van der Waals surface area contributed by atoms with E-state index in [0.29, 0.717) is 17.1 Å².